The fraction of sp³-hybridized carbons (Fsp3) is 0.516. The smallest absolute Gasteiger partial charge is 0.251 e. The lowest BCUT2D eigenvalue weighted by Gasteiger charge is -2.35. The molecule has 0 spiro atoms. The zero-order valence-electron chi connectivity index (χ0n) is 51.2. The van der Waals surface area contributed by atoms with E-state index in [0.717, 1.165) is 78.9 Å². The molecule has 0 bridgehead atoms. The van der Waals surface area contributed by atoms with E-state index < -0.39 is 61.4 Å². The molecule has 3 atom stereocenters. The minimum atomic E-state index is -4.09. The average molecular weight is 1310 g/mol. The summed E-state index contributed by atoms with van der Waals surface area (Å²) < 4.78 is 82.7. The highest BCUT2D eigenvalue weighted by atomic mass is 35.5. The third kappa shape index (κ3) is 19.9. The van der Waals surface area contributed by atoms with Crippen molar-refractivity contribution < 1.29 is 60.1 Å². The number of β-amino-alcohol motifs (C(OH)–C–C–N with tert-alkyl or cyclic N) is 1. The van der Waals surface area contributed by atoms with Gasteiger partial charge >= 0.3 is 0 Å². The van der Waals surface area contributed by atoms with Crippen LogP contribution in [0.3, 0.4) is 0 Å². The fourth-order valence-corrected chi connectivity index (χ4v) is 15.3. The van der Waals surface area contributed by atoms with E-state index in [9.17, 15) is 41.1 Å². The first-order valence-electron chi connectivity index (χ1n) is 30.5. The second kappa shape index (κ2) is 33.0. The van der Waals surface area contributed by atoms with Gasteiger partial charge in [0.25, 0.3) is 5.91 Å². The van der Waals surface area contributed by atoms with Crippen molar-refractivity contribution in [3.8, 4) is 10.4 Å². The molecule has 3 unspecified atom stereocenters. The number of halogens is 1. The van der Waals surface area contributed by atoms with Gasteiger partial charge in [-0.2, -0.15) is 8.61 Å². The Labute approximate surface area is 532 Å². The highest BCUT2D eigenvalue weighted by molar-refractivity contribution is 7.89. The number of hydrogen-bond acceptors (Lipinski definition) is 16. The lowest BCUT2D eigenvalue weighted by Crippen LogP contribution is -2.58. The number of sulfonamides is 2. The summed E-state index contributed by atoms with van der Waals surface area (Å²) in [6.45, 7) is 11.2. The number of thiazole rings is 1. The molecule has 1 aromatic heterocycles. The highest BCUT2D eigenvalue weighted by Gasteiger charge is 2.45. The van der Waals surface area contributed by atoms with E-state index >= 15 is 0 Å². The molecule has 3 aliphatic rings. The number of aliphatic hydroxyl groups is 1. The fourth-order valence-electron chi connectivity index (χ4n) is 11.2. The van der Waals surface area contributed by atoms with Crippen molar-refractivity contribution in [2.45, 2.75) is 126 Å². The van der Waals surface area contributed by atoms with Crippen molar-refractivity contribution in [2.75, 3.05) is 85.6 Å². The van der Waals surface area contributed by atoms with E-state index in [4.69, 9.17) is 30.5 Å². The SMILES string of the molecule is Cc1ncsc1-c1ccc(CNC(=O)C2CC(O)CN2C(=O)C(NC(=O)COCCOCCOCCOCCNC(=O)c2ccc(CN(CC3CCNCC3)S(=O)(=O)c3ccc(S(=O)(=O)N(Cc4ccc(Cl)cc4)C4CCCC4)cc3)cc2)C(C)(C)C)cc1. The molecular formula is C64H85ClN8O13S3. The molecule has 3 heterocycles. The summed E-state index contributed by atoms with van der Waals surface area (Å²) >= 11 is 7.68. The van der Waals surface area contributed by atoms with E-state index in [0.29, 0.717) is 16.1 Å². The maximum atomic E-state index is 14.5. The summed E-state index contributed by atoms with van der Waals surface area (Å²) in [5.41, 5.74) is 5.83. The Hall–Kier alpha value is -5.74. The molecule has 2 aliphatic heterocycles. The number of ether oxygens (including phenoxy) is 4. The van der Waals surface area contributed by atoms with Crippen molar-refractivity contribution in [2.24, 2.45) is 11.3 Å². The zero-order chi connectivity index (χ0) is 63.6. The molecule has 3 fully saturated rings. The molecule has 5 aromatic rings. The van der Waals surface area contributed by atoms with Gasteiger partial charge in [0.1, 0.15) is 18.7 Å². The molecule has 25 heteroatoms. The zero-order valence-corrected chi connectivity index (χ0v) is 54.4. The second-order valence-electron chi connectivity index (χ2n) is 23.9. The number of aliphatic hydroxyl groups excluding tert-OH is 1. The van der Waals surface area contributed by atoms with Gasteiger partial charge in [0.05, 0.1) is 78.2 Å². The minimum absolute atomic E-state index is 0.00330. The number of nitrogens with one attached hydrogen (secondary N) is 4. The summed E-state index contributed by atoms with van der Waals surface area (Å²) in [6, 6.07) is 25.2. The summed E-state index contributed by atoms with van der Waals surface area (Å²) in [6.07, 6.45) is 4.17. The van der Waals surface area contributed by atoms with Gasteiger partial charge in [-0.3, -0.25) is 19.2 Å². The molecule has 4 aromatic carbocycles. The first-order valence-corrected chi connectivity index (χ1v) is 34.6. The lowest BCUT2D eigenvalue weighted by atomic mass is 9.85. The second-order valence-corrected chi connectivity index (χ2v) is 29.0. The van der Waals surface area contributed by atoms with Crippen LogP contribution in [-0.4, -0.2) is 174 Å². The topological polar surface area (TPSA) is 264 Å². The summed E-state index contributed by atoms with van der Waals surface area (Å²) in [5.74, 6) is -1.57. The van der Waals surface area contributed by atoms with Crippen LogP contribution >= 0.6 is 22.9 Å². The number of nitrogens with zero attached hydrogens (tertiary/aromatic N) is 4. The van der Waals surface area contributed by atoms with E-state index in [-0.39, 0.29) is 126 Å². The summed E-state index contributed by atoms with van der Waals surface area (Å²) in [7, 11) is -8.07. The van der Waals surface area contributed by atoms with Crippen molar-refractivity contribution in [3.63, 3.8) is 0 Å². The molecule has 0 radical (unpaired) electrons. The molecule has 4 amide bonds. The number of benzene rings is 4. The number of likely N-dealkylation sites (tertiary alicyclic amines) is 1. The minimum Gasteiger partial charge on any atom is -0.391 e. The maximum absolute atomic E-state index is 14.5. The number of carbonyl (C=O) groups is 4. The Kier molecular flexibility index (Phi) is 25.7. The number of aryl methyl sites for hydroxylation is 1. The van der Waals surface area contributed by atoms with Gasteiger partial charge in [0.2, 0.25) is 37.8 Å². The van der Waals surface area contributed by atoms with Gasteiger partial charge in [-0.05, 0) is 128 Å². The van der Waals surface area contributed by atoms with Gasteiger partial charge in [0, 0.05) is 62.3 Å². The molecule has 484 valence electrons. The Morgan fingerprint density at radius 3 is 1.92 bits per heavy atom. The maximum Gasteiger partial charge on any atom is 0.251 e. The quantitative estimate of drug-likeness (QED) is 0.0281. The van der Waals surface area contributed by atoms with Gasteiger partial charge in [-0.1, -0.05) is 93.7 Å². The highest BCUT2D eigenvalue weighted by Crippen LogP contribution is 2.33. The number of carbonyl (C=O) groups excluding carboxylic acids is 4. The van der Waals surface area contributed by atoms with E-state index in [2.05, 4.69) is 26.3 Å². The predicted molar refractivity (Wildman–Crippen MR) is 340 cm³/mol. The van der Waals surface area contributed by atoms with Crippen molar-refractivity contribution >= 4 is 66.6 Å². The molecule has 8 rings (SSSR count). The van der Waals surface area contributed by atoms with Crippen molar-refractivity contribution in [3.05, 3.63) is 136 Å². The Morgan fingerprint density at radius 1 is 0.742 bits per heavy atom. The van der Waals surface area contributed by atoms with Gasteiger partial charge < -0.3 is 50.2 Å². The third-order valence-corrected chi connectivity index (χ3v) is 21.1. The number of hydrogen-bond donors (Lipinski definition) is 5. The lowest BCUT2D eigenvalue weighted by molar-refractivity contribution is -0.144. The monoisotopic (exact) mass is 1300 g/mol. The molecule has 5 N–H and O–H groups in total. The molecule has 21 nitrogen and oxygen atoms in total. The van der Waals surface area contributed by atoms with Crippen molar-refractivity contribution in [1.82, 2.24) is 39.8 Å². The van der Waals surface area contributed by atoms with Crippen LogP contribution in [0.4, 0.5) is 0 Å². The normalized spacial score (nSPS) is 17.3. The number of piperidine rings is 1. The summed E-state index contributed by atoms with van der Waals surface area (Å²) in [5, 5.41) is 23.0. The largest absolute Gasteiger partial charge is 0.391 e. The van der Waals surface area contributed by atoms with Crippen LogP contribution < -0.4 is 21.3 Å². The van der Waals surface area contributed by atoms with Crippen LogP contribution in [0.25, 0.3) is 10.4 Å². The van der Waals surface area contributed by atoms with Crippen LogP contribution in [0.5, 0.6) is 0 Å². The standard InChI is InChI=1S/C64H85ClN8O13S3/c1-45-59(87-44-69-45)50-15-9-46(10-16-50)38-68-62(77)57-37-54(74)42-72(57)63(78)60(64(2,3)4)70-58(75)43-86-36-35-85-34-33-84-32-31-83-30-29-67-61(76)51-17-11-47(12-18-51)39-71(40-49-25-27-66-28-26-49)88(79,80)55-21-23-56(24-22-55)89(81,82)73(53-7-5-6-8-53)41-48-13-19-52(65)20-14-48/h9-24,44,49,53-54,57,60,66,74H,5-8,25-43H2,1-4H3,(H,67,76)(H,68,77)(H,70,75). The van der Waals surface area contributed by atoms with Gasteiger partial charge in [0.15, 0.2) is 0 Å². The van der Waals surface area contributed by atoms with E-state index in [1.54, 1.807) is 53.2 Å². The number of aromatic nitrogens is 1. The van der Waals surface area contributed by atoms with Gasteiger partial charge in [-0.15, -0.1) is 11.3 Å². The van der Waals surface area contributed by atoms with E-state index in [1.165, 1.54) is 37.8 Å². The Bertz CT molecular complexity index is 3320. The number of rotatable bonds is 32. The summed E-state index contributed by atoms with van der Waals surface area (Å²) in [4.78, 5) is 60.3. The molecule has 89 heavy (non-hydrogen) atoms. The molecule has 1 saturated carbocycles. The predicted octanol–water partition coefficient (Wildman–Crippen LogP) is 6.70. The molecule has 1 aliphatic carbocycles. The number of amides is 4. The van der Waals surface area contributed by atoms with Crippen LogP contribution in [0.15, 0.2) is 112 Å². The Morgan fingerprint density at radius 2 is 1.31 bits per heavy atom. The van der Waals surface area contributed by atoms with Crippen LogP contribution in [0.1, 0.15) is 98.5 Å². The van der Waals surface area contributed by atoms with E-state index in [1.807, 2.05) is 64.1 Å². The third-order valence-electron chi connectivity index (χ3n) is 16.1. The van der Waals surface area contributed by atoms with Crippen LogP contribution in [0.2, 0.25) is 5.02 Å². The first kappa shape index (κ1) is 69.2. The van der Waals surface area contributed by atoms with Gasteiger partial charge in [-0.25, -0.2) is 21.8 Å². The van der Waals surface area contributed by atoms with Crippen molar-refractivity contribution in [1.29, 1.82) is 0 Å². The first-order chi connectivity index (χ1) is 42.7. The average Bonchev–Trinajstić information content (AvgIpc) is 2.46. The Balaban J connectivity index is 0.697. The van der Waals surface area contributed by atoms with Crippen LogP contribution in [-0.2, 0) is 73.0 Å². The molecule has 2 saturated heterocycles. The van der Waals surface area contributed by atoms with Crippen LogP contribution in [0, 0.1) is 18.3 Å². The molecular weight excluding hydrogens is 1220 g/mol.